The molecule has 0 atom stereocenters. The van der Waals surface area contributed by atoms with Crippen LogP contribution < -0.4 is 4.74 Å². The van der Waals surface area contributed by atoms with Crippen molar-refractivity contribution in [3.8, 4) is 11.4 Å². The number of amides is 2. The summed E-state index contributed by atoms with van der Waals surface area (Å²) >= 11 is 1.32. The summed E-state index contributed by atoms with van der Waals surface area (Å²) in [5.41, 5.74) is 0.803. The molecular weight excluding hydrogens is 418 g/mol. The molecule has 2 amide bonds. The van der Waals surface area contributed by atoms with Crippen molar-refractivity contribution in [3.05, 3.63) is 24.3 Å². The van der Waals surface area contributed by atoms with Crippen molar-refractivity contribution in [2.45, 2.75) is 18.0 Å². The van der Waals surface area contributed by atoms with Gasteiger partial charge >= 0.3 is 0 Å². The van der Waals surface area contributed by atoms with E-state index in [4.69, 9.17) is 4.74 Å². The van der Waals surface area contributed by atoms with Crippen LogP contribution in [0.4, 0.5) is 0 Å². The van der Waals surface area contributed by atoms with Gasteiger partial charge in [0.05, 0.1) is 25.1 Å². The fourth-order valence-electron chi connectivity index (χ4n) is 3.79. The molecule has 3 heterocycles. The monoisotopic (exact) mass is 445 g/mol. The lowest BCUT2D eigenvalue weighted by Crippen LogP contribution is -2.51. The lowest BCUT2D eigenvalue weighted by atomic mass is 10.3. The predicted octanol–water partition coefficient (Wildman–Crippen LogP) is 0.530. The first-order valence-corrected chi connectivity index (χ1v) is 11.5. The average Bonchev–Trinajstić information content (AvgIpc) is 3.50. The third-order valence-corrected chi connectivity index (χ3v) is 6.53. The molecule has 2 saturated heterocycles. The molecule has 0 radical (unpaired) electrons. The van der Waals surface area contributed by atoms with E-state index in [-0.39, 0.29) is 17.6 Å². The molecular formula is C20H27N7O3S. The van der Waals surface area contributed by atoms with Crippen LogP contribution in [-0.4, -0.2) is 105 Å². The van der Waals surface area contributed by atoms with Crippen LogP contribution in [0, 0.1) is 0 Å². The Morgan fingerprint density at radius 2 is 1.65 bits per heavy atom. The van der Waals surface area contributed by atoms with Gasteiger partial charge in [0.2, 0.25) is 17.0 Å². The zero-order valence-corrected chi connectivity index (χ0v) is 18.5. The van der Waals surface area contributed by atoms with Gasteiger partial charge in [-0.25, -0.2) is 0 Å². The molecule has 2 aromatic rings. The normalized spacial score (nSPS) is 17.2. The van der Waals surface area contributed by atoms with Gasteiger partial charge < -0.3 is 14.5 Å². The Labute approximate surface area is 185 Å². The first kappa shape index (κ1) is 21.6. The number of rotatable bonds is 7. The Bertz CT molecular complexity index is 890. The van der Waals surface area contributed by atoms with Crippen molar-refractivity contribution in [3.63, 3.8) is 0 Å². The Kier molecular flexibility index (Phi) is 7.03. The maximum atomic E-state index is 12.7. The number of aromatic nitrogens is 4. The highest BCUT2D eigenvalue weighted by Gasteiger charge is 2.25. The predicted molar refractivity (Wildman–Crippen MR) is 115 cm³/mol. The molecule has 31 heavy (non-hydrogen) atoms. The van der Waals surface area contributed by atoms with Crippen molar-refractivity contribution in [2.75, 3.05) is 58.7 Å². The number of nitrogens with zero attached hydrogens (tertiary/aromatic N) is 7. The fourth-order valence-corrected chi connectivity index (χ4v) is 4.58. The minimum Gasteiger partial charge on any atom is -0.497 e. The smallest absolute Gasteiger partial charge is 0.236 e. The first-order chi connectivity index (χ1) is 15.1. The third kappa shape index (κ3) is 5.34. The summed E-state index contributed by atoms with van der Waals surface area (Å²) in [4.78, 5) is 30.9. The molecule has 0 saturated carbocycles. The lowest BCUT2D eigenvalue weighted by Gasteiger charge is -2.35. The van der Waals surface area contributed by atoms with Gasteiger partial charge in [-0.15, -0.1) is 5.10 Å². The van der Waals surface area contributed by atoms with E-state index in [9.17, 15) is 9.59 Å². The number of tetrazole rings is 1. The van der Waals surface area contributed by atoms with Crippen molar-refractivity contribution in [1.82, 2.24) is 34.9 Å². The number of methoxy groups -OCH3 is 1. The van der Waals surface area contributed by atoms with Crippen molar-refractivity contribution >= 4 is 23.6 Å². The standard InChI is InChI=1S/C20H27N7O3S/c1-30-17-6-4-16(5-7-17)27-20(21-22-23-27)31-15-19(29)26-12-10-24(11-13-26)14-18(28)25-8-2-3-9-25/h4-7H,2-3,8-15H2,1H3. The number of carbonyl (C=O) groups is 2. The van der Waals surface area contributed by atoms with E-state index in [0.717, 1.165) is 50.5 Å². The highest BCUT2D eigenvalue weighted by atomic mass is 32.2. The topological polar surface area (TPSA) is 96.7 Å². The van der Waals surface area contributed by atoms with Crippen LogP contribution in [-0.2, 0) is 9.59 Å². The Morgan fingerprint density at radius 3 is 2.32 bits per heavy atom. The quantitative estimate of drug-likeness (QED) is 0.570. The SMILES string of the molecule is COc1ccc(-n2nnnc2SCC(=O)N2CCN(CC(=O)N3CCCC3)CC2)cc1. The Balaban J connectivity index is 1.25. The van der Waals surface area contributed by atoms with Gasteiger partial charge in [0.25, 0.3) is 0 Å². The summed E-state index contributed by atoms with van der Waals surface area (Å²) in [5.74, 6) is 1.28. The highest BCUT2D eigenvalue weighted by molar-refractivity contribution is 7.99. The van der Waals surface area contributed by atoms with Crippen molar-refractivity contribution < 1.29 is 14.3 Å². The van der Waals surface area contributed by atoms with Crippen LogP contribution in [0.15, 0.2) is 29.4 Å². The van der Waals surface area contributed by atoms with E-state index < -0.39 is 0 Å². The van der Waals surface area contributed by atoms with Crippen LogP contribution in [0.2, 0.25) is 0 Å². The van der Waals surface area contributed by atoms with Gasteiger partial charge in [0.1, 0.15) is 5.75 Å². The summed E-state index contributed by atoms with van der Waals surface area (Å²) in [7, 11) is 1.62. The molecule has 0 bridgehead atoms. The second-order valence-electron chi connectivity index (χ2n) is 7.60. The number of hydrogen-bond donors (Lipinski definition) is 0. The minimum atomic E-state index is 0.0554. The molecule has 0 unspecified atom stereocenters. The Hall–Kier alpha value is -2.66. The number of benzene rings is 1. The van der Waals surface area contributed by atoms with E-state index in [1.807, 2.05) is 34.1 Å². The van der Waals surface area contributed by atoms with Crippen LogP contribution in [0.1, 0.15) is 12.8 Å². The number of thioether (sulfide) groups is 1. The number of likely N-dealkylation sites (tertiary alicyclic amines) is 1. The molecule has 166 valence electrons. The molecule has 0 N–H and O–H groups in total. The first-order valence-electron chi connectivity index (χ1n) is 10.5. The van der Waals surface area contributed by atoms with E-state index in [2.05, 4.69) is 20.4 Å². The van der Waals surface area contributed by atoms with E-state index in [1.54, 1.807) is 11.8 Å². The summed E-state index contributed by atoms with van der Waals surface area (Å²) in [6.45, 7) is 4.92. The van der Waals surface area contributed by atoms with E-state index in [0.29, 0.717) is 24.8 Å². The number of ether oxygens (including phenoxy) is 1. The number of hydrogen-bond acceptors (Lipinski definition) is 8. The van der Waals surface area contributed by atoms with Gasteiger partial charge in [-0.1, -0.05) is 11.8 Å². The van der Waals surface area contributed by atoms with Crippen LogP contribution >= 0.6 is 11.8 Å². The maximum Gasteiger partial charge on any atom is 0.236 e. The zero-order chi connectivity index (χ0) is 21.6. The second kappa shape index (κ2) is 10.1. The molecule has 2 aliphatic rings. The summed E-state index contributed by atoms with van der Waals surface area (Å²) in [6, 6.07) is 7.41. The molecule has 0 aliphatic carbocycles. The minimum absolute atomic E-state index is 0.0554. The van der Waals surface area contributed by atoms with Crippen LogP contribution in [0.3, 0.4) is 0 Å². The van der Waals surface area contributed by atoms with Gasteiger partial charge in [0.15, 0.2) is 0 Å². The highest BCUT2D eigenvalue weighted by Crippen LogP contribution is 2.21. The van der Waals surface area contributed by atoms with E-state index in [1.165, 1.54) is 11.8 Å². The summed E-state index contributed by atoms with van der Waals surface area (Å²) in [6.07, 6.45) is 2.21. The van der Waals surface area contributed by atoms with Crippen molar-refractivity contribution in [2.24, 2.45) is 0 Å². The molecule has 2 fully saturated rings. The maximum absolute atomic E-state index is 12.7. The molecule has 2 aliphatic heterocycles. The number of carbonyl (C=O) groups excluding carboxylic acids is 2. The van der Waals surface area contributed by atoms with Gasteiger partial charge in [-0.3, -0.25) is 14.5 Å². The molecule has 1 aromatic carbocycles. The Morgan fingerprint density at radius 1 is 0.968 bits per heavy atom. The average molecular weight is 446 g/mol. The van der Waals surface area contributed by atoms with Gasteiger partial charge in [0, 0.05) is 39.3 Å². The summed E-state index contributed by atoms with van der Waals surface area (Å²) < 4.78 is 6.79. The molecule has 0 spiro atoms. The van der Waals surface area contributed by atoms with Gasteiger partial charge in [-0.2, -0.15) is 4.68 Å². The van der Waals surface area contributed by atoms with E-state index >= 15 is 0 Å². The van der Waals surface area contributed by atoms with Crippen LogP contribution in [0.5, 0.6) is 5.75 Å². The van der Waals surface area contributed by atoms with Crippen molar-refractivity contribution in [1.29, 1.82) is 0 Å². The molecule has 4 rings (SSSR count). The van der Waals surface area contributed by atoms with Crippen LogP contribution in [0.25, 0.3) is 5.69 Å². The molecule has 1 aromatic heterocycles. The third-order valence-electron chi connectivity index (χ3n) is 5.63. The largest absolute Gasteiger partial charge is 0.497 e. The fraction of sp³-hybridized carbons (Fsp3) is 0.550. The summed E-state index contributed by atoms with van der Waals surface area (Å²) in [5, 5.41) is 12.4. The zero-order valence-electron chi connectivity index (χ0n) is 17.6. The second-order valence-corrected chi connectivity index (χ2v) is 8.55. The number of piperazine rings is 1. The lowest BCUT2D eigenvalue weighted by molar-refractivity contribution is -0.133. The molecule has 10 nitrogen and oxygen atoms in total. The van der Waals surface area contributed by atoms with Gasteiger partial charge in [-0.05, 0) is 47.5 Å². The molecule has 11 heteroatoms.